The van der Waals surface area contributed by atoms with Gasteiger partial charge in [0.1, 0.15) is 4.90 Å². The van der Waals surface area contributed by atoms with E-state index in [0.717, 1.165) is 18.9 Å². The Bertz CT molecular complexity index is 720. The summed E-state index contributed by atoms with van der Waals surface area (Å²) in [6, 6.07) is 2.87. The van der Waals surface area contributed by atoms with E-state index >= 15 is 0 Å². The van der Waals surface area contributed by atoms with Gasteiger partial charge in [0.2, 0.25) is 10.0 Å². The zero-order valence-electron chi connectivity index (χ0n) is 12.9. The number of carboxylic acid groups (broad SMARTS) is 1. The zero-order chi connectivity index (χ0) is 17.0. The van der Waals surface area contributed by atoms with Gasteiger partial charge in [-0.3, -0.25) is 0 Å². The van der Waals surface area contributed by atoms with Crippen molar-refractivity contribution in [3.63, 3.8) is 0 Å². The van der Waals surface area contributed by atoms with Crippen LogP contribution in [-0.4, -0.2) is 46.0 Å². The SMILES string of the molecule is COc1cc(C=CC(=O)[O-])cc(S(=O)(=O)N2CCCC2)c1OC. The van der Waals surface area contributed by atoms with Crippen molar-refractivity contribution in [2.75, 3.05) is 27.3 Å². The third kappa shape index (κ3) is 3.65. The van der Waals surface area contributed by atoms with Crippen LogP contribution in [0.2, 0.25) is 0 Å². The molecule has 1 heterocycles. The average molecular weight is 340 g/mol. The number of benzene rings is 1. The Labute approximate surface area is 135 Å². The predicted octanol–water partition coefficient (Wildman–Crippen LogP) is 0.251. The topological polar surface area (TPSA) is 96.0 Å². The fourth-order valence-electron chi connectivity index (χ4n) is 2.47. The van der Waals surface area contributed by atoms with Gasteiger partial charge in [0.15, 0.2) is 11.5 Å². The summed E-state index contributed by atoms with van der Waals surface area (Å²) in [7, 11) is -1.000. The smallest absolute Gasteiger partial charge is 0.246 e. The number of rotatable bonds is 6. The molecule has 0 saturated carbocycles. The van der Waals surface area contributed by atoms with Crippen LogP contribution in [0.3, 0.4) is 0 Å². The zero-order valence-corrected chi connectivity index (χ0v) is 13.8. The number of hydrogen-bond acceptors (Lipinski definition) is 6. The van der Waals surface area contributed by atoms with Crippen LogP contribution in [-0.2, 0) is 14.8 Å². The molecule has 1 aliphatic rings. The lowest BCUT2D eigenvalue weighted by atomic mass is 10.2. The molecular formula is C15H18NO6S-. The highest BCUT2D eigenvalue weighted by molar-refractivity contribution is 7.89. The summed E-state index contributed by atoms with van der Waals surface area (Å²) < 4.78 is 37.4. The minimum atomic E-state index is -3.74. The molecule has 23 heavy (non-hydrogen) atoms. The van der Waals surface area contributed by atoms with Crippen molar-refractivity contribution in [3.8, 4) is 11.5 Å². The van der Waals surface area contributed by atoms with Crippen molar-refractivity contribution < 1.29 is 27.8 Å². The normalized spacial score (nSPS) is 15.9. The van der Waals surface area contributed by atoms with E-state index in [4.69, 9.17) is 9.47 Å². The van der Waals surface area contributed by atoms with Crippen molar-refractivity contribution in [2.45, 2.75) is 17.7 Å². The summed E-state index contributed by atoms with van der Waals surface area (Å²) in [5.41, 5.74) is 0.365. The third-order valence-electron chi connectivity index (χ3n) is 3.56. The number of methoxy groups -OCH3 is 2. The molecule has 0 amide bonds. The molecule has 1 fully saturated rings. The highest BCUT2D eigenvalue weighted by Gasteiger charge is 2.31. The van der Waals surface area contributed by atoms with Crippen LogP contribution in [0.5, 0.6) is 11.5 Å². The molecule has 8 heteroatoms. The molecule has 0 aliphatic carbocycles. The Morgan fingerprint density at radius 1 is 1.22 bits per heavy atom. The maximum absolute atomic E-state index is 12.8. The average Bonchev–Trinajstić information content (AvgIpc) is 3.06. The van der Waals surface area contributed by atoms with Gasteiger partial charge in [-0.2, -0.15) is 4.31 Å². The molecule has 0 radical (unpaired) electrons. The molecule has 1 aromatic carbocycles. The van der Waals surface area contributed by atoms with Gasteiger partial charge in [-0.1, -0.05) is 6.08 Å². The molecule has 0 spiro atoms. The lowest BCUT2D eigenvalue weighted by Crippen LogP contribution is -2.28. The monoisotopic (exact) mass is 340 g/mol. The first-order valence-corrected chi connectivity index (χ1v) is 8.49. The number of hydrogen-bond donors (Lipinski definition) is 0. The Morgan fingerprint density at radius 3 is 2.39 bits per heavy atom. The number of carboxylic acids is 1. The fourth-order valence-corrected chi connectivity index (χ4v) is 4.19. The number of sulfonamides is 1. The number of carbonyl (C=O) groups excluding carboxylic acids is 1. The quantitative estimate of drug-likeness (QED) is 0.689. The minimum absolute atomic E-state index is 0.0424. The van der Waals surface area contributed by atoms with Crippen molar-refractivity contribution in [3.05, 3.63) is 23.8 Å². The molecule has 0 atom stereocenters. The Kier molecular flexibility index (Phi) is 5.27. The maximum atomic E-state index is 12.8. The summed E-state index contributed by atoms with van der Waals surface area (Å²) in [6.07, 6.45) is 3.69. The van der Waals surface area contributed by atoms with E-state index in [1.54, 1.807) is 0 Å². The second-order valence-electron chi connectivity index (χ2n) is 5.02. The van der Waals surface area contributed by atoms with E-state index in [-0.39, 0.29) is 16.4 Å². The molecule has 2 rings (SSSR count). The van der Waals surface area contributed by atoms with Crippen LogP contribution in [0, 0.1) is 0 Å². The van der Waals surface area contributed by atoms with E-state index in [1.165, 1.54) is 36.7 Å². The minimum Gasteiger partial charge on any atom is -0.545 e. The van der Waals surface area contributed by atoms with E-state index in [2.05, 4.69) is 0 Å². The van der Waals surface area contributed by atoms with E-state index in [9.17, 15) is 18.3 Å². The molecule has 1 saturated heterocycles. The molecular weight excluding hydrogens is 322 g/mol. The largest absolute Gasteiger partial charge is 0.545 e. The summed E-state index contributed by atoms with van der Waals surface area (Å²) in [6.45, 7) is 0.903. The molecule has 0 unspecified atom stereocenters. The van der Waals surface area contributed by atoms with Gasteiger partial charge < -0.3 is 19.4 Å². The molecule has 0 aromatic heterocycles. The summed E-state index contributed by atoms with van der Waals surface area (Å²) in [5, 5.41) is 10.6. The van der Waals surface area contributed by atoms with Gasteiger partial charge in [-0.15, -0.1) is 0 Å². The van der Waals surface area contributed by atoms with Crippen LogP contribution in [0.1, 0.15) is 18.4 Å². The number of ether oxygens (including phenoxy) is 2. The van der Waals surface area contributed by atoms with Gasteiger partial charge in [-0.25, -0.2) is 8.42 Å². The number of carbonyl (C=O) groups is 1. The molecule has 0 bridgehead atoms. The molecule has 7 nitrogen and oxygen atoms in total. The lowest BCUT2D eigenvalue weighted by Gasteiger charge is -2.19. The van der Waals surface area contributed by atoms with E-state index < -0.39 is 16.0 Å². The standard InChI is InChI=1S/C15H19NO6S/c1-21-12-9-11(5-6-14(17)18)10-13(15(12)22-2)23(19,20)16-7-3-4-8-16/h5-6,9-10H,3-4,7-8H2,1-2H3,(H,17,18)/p-1. The first-order valence-electron chi connectivity index (χ1n) is 7.05. The van der Waals surface area contributed by atoms with Gasteiger partial charge in [0, 0.05) is 13.1 Å². The van der Waals surface area contributed by atoms with Crippen molar-refractivity contribution in [2.24, 2.45) is 0 Å². The summed E-state index contributed by atoms with van der Waals surface area (Å²) >= 11 is 0. The summed E-state index contributed by atoms with van der Waals surface area (Å²) in [4.78, 5) is 10.5. The molecule has 126 valence electrons. The van der Waals surface area contributed by atoms with Crippen LogP contribution in [0.25, 0.3) is 6.08 Å². The number of nitrogens with zero attached hydrogens (tertiary/aromatic N) is 1. The summed E-state index contributed by atoms with van der Waals surface area (Å²) in [5.74, 6) is -1.06. The van der Waals surface area contributed by atoms with Crippen molar-refractivity contribution in [1.29, 1.82) is 0 Å². The van der Waals surface area contributed by atoms with Crippen molar-refractivity contribution in [1.82, 2.24) is 4.31 Å². The second kappa shape index (κ2) is 7.01. The molecule has 1 aromatic rings. The third-order valence-corrected chi connectivity index (χ3v) is 5.47. The highest BCUT2D eigenvalue weighted by atomic mass is 32.2. The van der Waals surface area contributed by atoms with Crippen LogP contribution < -0.4 is 14.6 Å². The Balaban J connectivity index is 2.59. The first-order chi connectivity index (χ1) is 10.9. The Hall–Kier alpha value is -2.06. The fraction of sp³-hybridized carbons (Fsp3) is 0.400. The molecule has 1 aliphatic heterocycles. The van der Waals surface area contributed by atoms with E-state index in [0.29, 0.717) is 18.7 Å². The van der Waals surface area contributed by atoms with Crippen molar-refractivity contribution >= 4 is 22.1 Å². The van der Waals surface area contributed by atoms with E-state index in [1.807, 2.05) is 0 Å². The maximum Gasteiger partial charge on any atom is 0.246 e. The van der Waals surface area contributed by atoms with Crippen LogP contribution >= 0.6 is 0 Å². The van der Waals surface area contributed by atoms with Gasteiger partial charge in [-0.05, 0) is 36.6 Å². The van der Waals surface area contributed by atoms with Crippen LogP contribution in [0.4, 0.5) is 0 Å². The van der Waals surface area contributed by atoms with Gasteiger partial charge in [0.05, 0.1) is 20.2 Å². The Morgan fingerprint density at radius 2 is 1.87 bits per heavy atom. The lowest BCUT2D eigenvalue weighted by molar-refractivity contribution is -0.297. The number of aliphatic carboxylic acids is 1. The van der Waals surface area contributed by atoms with Gasteiger partial charge in [0.25, 0.3) is 0 Å². The van der Waals surface area contributed by atoms with Gasteiger partial charge >= 0.3 is 0 Å². The predicted molar refractivity (Wildman–Crippen MR) is 81.6 cm³/mol. The van der Waals surface area contributed by atoms with Crippen LogP contribution in [0.15, 0.2) is 23.1 Å². The first kappa shape index (κ1) is 17.3. The highest BCUT2D eigenvalue weighted by Crippen LogP contribution is 2.38. The second-order valence-corrected chi connectivity index (χ2v) is 6.92. The molecule has 0 N–H and O–H groups in total.